The van der Waals surface area contributed by atoms with Crippen LogP contribution in [-0.2, 0) is 29.1 Å². The molecule has 336 valence electrons. The smallest absolute Gasteiger partial charge is 0.303 e. The molecule has 0 radical (unpaired) electrons. The Labute approximate surface area is 375 Å². The second-order valence-electron chi connectivity index (χ2n) is 19.3. The molecule has 9 nitrogen and oxygen atoms in total. The van der Waals surface area contributed by atoms with Crippen molar-refractivity contribution in [1.29, 1.82) is 0 Å². The summed E-state index contributed by atoms with van der Waals surface area (Å²) in [5, 5.41) is 26.8. The maximum absolute atomic E-state index is 11.7. The fourth-order valence-corrected chi connectivity index (χ4v) is 10.5. The molecule has 2 saturated carbocycles. The van der Waals surface area contributed by atoms with Crippen molar-refractivity contribution >= 4 is 46.0 Å². The molecule has 4 aromatic rings. The van der Waals surface area contributed by atoms with Crippen LogP contribution in [0.3, 0.4) is 0 Å². The SMILES string of the molecule is CC(C)CN(c1ccc(C(C)CC(=O)O)cc1NCc1cncs1)C1CCC(Cc2ccccc2CNc2cc(C(C)CC(=O)O)ccc2N(CC(C)C)C2CCCCC2)CC1. The van der Waals surface area contributed by atoms with Gasteiger partial charge in [0.15, 0.2) is 0 Å². The van der Waals surface area contributed by atoms with Crippen LogP contribution in [0.1, 0.15) is 151 Å². The number of benzene rings is 3. The first-order valence-corrected chi connectivity index (χ1v) is 24.4. The summed E-state index contributed by atoms with van der Waals surface area (Å²) in [6.07, 6.45) is 14.1. The van der Waals surface area contributed by atoms with Crippen molar-refractivity contribution in [1.82, 2.24) is 4.98 Å². The zero-order valence-corrected chi connectivity index (χ0v) is 39.1. The third-order valence-corrected chi connectivity index (χ3v) is 14.0. The standard InChI is InChI=1S/C52H73N5O4S/c1-35(2)32-56(44-14-8-7-9-15-44)49-22-18-40(37(5)24-51(58)59)27-47(49)54-29-43-13-11-10-12-42(43)26-39-16-20-45(21-17-39)57(33-36(3)4)50-23-19-41(38(6)25-52(60)61)28-48(50)55-31-46-30-53-34-62-46/h10-13,18-19,22-23,27-28,30,34-39,44-45,54-55H,7-9,14-17,20-21,24-26,29,31-33H2,1-6H3,(H,58,59)(H,60,61). The number of hydrogen-bond acceptors (Lipinski definition) is 8. The Bertz CT molecular complexity index is 2020. The summed E-state index contributed by atoms with van der Waals surface area (Å²) in [5.74, 6) is -0.103. The van der Waals surface area contributed by atoms with Gasteiger partial charge in [0.1, 0.15) is 0 Å². The molecule has 2 fully saturated rings. The van der Waals surface area contributed by atoms with Gasteiger partial charge < -0.3 is 30.6 Å². The monoisotopic (exact) mass is 864 g/mol. The highest BCUT2D eigenvalue weighted by Crippen LogP contribution is 2.40. The first kappa shape index (κ1) is 46.9. The average Bonchev–Trinajstić information content (AvgIpc) is 3.78. The normalized spacial score (nSPS) is 18.1. The summed E-state index contributed by atoms with van der Waals surface area (Å²) in [7, 11) is 0. The molecule has 2 atom stereocenters. The lowest BCUT2D eigenvalue weighted by molar-refractivity contribution is -0.138. The number of aliphatic carboxylic acids is 2. The maximum Gasteiger partial charge on any atom is 0.303 e. The van der Waals surface area contributed by atoms with Crippen LogP contribution in [0.2, 0.25) is 0 Å². The molecule has 0 saturated heterocycles. The quantitative estimate of drug-likeness (QED) is 0.0612. The van der Waals surface area contributed by atoms with Crippen LogP contribution in [0.15, 0.2) is 72.4 Å². The maximum atomic E-state index is 11.7. The summed E-state index contributed by atoms with van der Waals surface area (Å²) in [5.41, 5.74) is 11.3. The van der Waals surface area contributed by atoms with Gasteiger partial charge in [-0.05, 0) is 121 Å². The number of anilines is 4. The van der Waals surface area contributed by atoms with Gasteiger partial charge >= 0.3 is 11.9 Å². The predicted octanol–water partition coefficient (Wildman–Crippen LogP) is 12.6. The van der Waals surface area contributed by atoms with Crippen molar-refractivity contribution in [2.24, 2.45) is 17.8 Å². The number of carboxylic acids is 2. The number of hydrogen-bond donors (Lipinski definition) is 4. The van der Waals surface area contributed by atoms with Crippen molar-refractivity contribution in [3.8, 4) is 0 Å². The predicted molar refractivity (Wildman–Crippen MR) is 258 cm³/mol. The number of nitrogens with one attached hydrogen (secondary N) is 2. The second-order valence-corrected chi connectivity index (χ2v) is 20.2. The van der Waals surface area contributed by atoms with E-state index in [1.165, 1.54) is 54.6 Å². The van der Waals surface area contributed by atoms with Crippen molar-refractivity contribution in [3.63, 3.8) is 0 Å². The van der Waals surface area contributed by atoms with Crippen LogP contribution >= 0.6 is 11.3 Å². The Morgan fingerprint density at radius 2 is 1.19 bits per heavy atom. The molecule has 1 heterocycles. The first-order chi connectivity index (χ1) is 29.8. The van der Waals surface area contributed by atoms with Crippen molar-refractivity contribution < 1.29 is 19.8 Å². The van der Waals surface area contributed by atoms with Crippen molar-refractivity contribution in [3.05, 3.63) is 99.5 Å². The Kier molecular flexibility index (Phi) is 17.2. The number of thiazole rings is 1. The van der Waals surface area contributed by atoms with Crippen LogP contribution in [-0.4, -0.2) is 52.3 Å². The van der Waals surface area contributed by atoms with E-state index < -0.39 is 11.9 Å². The second kappa shape index (κ2) is 22.7. The zero-order chi connectivity index (χ0) is 44.2. The number of carbonyl (C=O) groups is 2. The van der Waals surface area contributed by atoms with E-state index in [2.05, 4.69) is 114 Å². The number of nitrogens with zero attached hydrogens (tertiary/aromatic N) is 3. The topological polar surface area (TPSA) is 118 Å². The third kappa shape index (κ3) is 13.2. The summed E-state index contributed by atoms with van der Waals surface area (Å²) in [6.45, 7) is 16.6. The molecule has 0 amide bonds. The average molecular weight is 864 g/mol. The van der Waals surface area contributed by atoms with Gasteiger partial charge in [-0.1, -0.05) is 97.2 Å². The molecule has 0 aliphatic heterocycles. The van der Waals surface area contributed by atoms with Gasteiger partial charge in [-0.25, -0.2) is 0 Å². The van der Waals surface area contributed by atoms with Gasteiger partial charge in [-0.2, -0.15) is 0 Å². The van der Waals surface area contributed by atoms with E-state index in [9.17, 15) is 19.8 Å². The van der Waals surface area contributed by atoms with Crippen LogP contribution < -0.4 is 20.4 Å². The van der Waals surface area contributed by atoms with E-state index in [-0.39, 0.29) is 24.7 Å². The van der Waals surface area contributed by atoms with E-state index in [1.54, 1.807) is 11.3 Å². The van der Waals surface area contributed by atoms with E-state index >= 15 is 0 Å². The highest BCUT2D eigenvalue weighted by molar-refractivity contribution is 7.09. The Balaban J connectivity index is 1.18. The van der Waals surface area contributed by atoms with E-state index in [4.69, 9.17) is 0 Å². The highest BCUT2D eigenvalue weighted by atomic mass is 32.1. The van der Waals surface area contributed by atoms with Gasteiger partial charge in [-0.15, -0.1) is 11.3 Å². The number of carboxylic acid groups (broad SMARTS) is 2. The van der Waals surface area contributed by atoms with Gasteiger partial charge in [0, 0.05) is 42.8 Å². The molecular formula is C52H73N5O4S. The number of rotatable bonds is 22. The van der Waals surface area contributed by atoms with Gasteiger partial charge in [-0.3, -0.25) is 14.6 Å². The molecule has 2 aliphatic carbocycles. The first-order valence-electron chi connectivity index (χ1n) is 23.5. The van der Waals surface area contributed by atoms with E-state index in [1.807, 2.05) is 25.6 Å². The summed E-state index contributed by atoms with van der Waals surface area (Å²) in [6, 6.07) is 23.1. The molecule has 4 N–H and O–H groups in total. The molecular weight excluding hydrogens is 791 g/mol. The molecule has 2 aliphatic rings. The van der Waals surface area contributed by atoms with Gasteiger partial charge in [0.05, 0.1) is 47.6 Å². The van der Waals surface area contributed by atoms with Crippen LogP contribution in [0.5, 0.6) is 0 Å². The molecule has 0 bridgehead atoms. The summed E-state index contributed by atoms with van der Waals surface area (Å²) < 4.78 is 0. The Morgan fingerprint density at radius 1 is 0.677 bits per heavy atom. The molecule has 1 aromatic heterocycles. The molecule has 62 heavy (non-hydrogen) atoms. The summed E-state index contributed by atoms with van der Waals surface area (Å²) >= 11 is 1.64. The van der Waals surface area contributed by atoms with E-state index in [0.29, 0.717) is 36.4 Å². The van der Waals surface area contributed by atoms with Crippen LogP contribution in [0.25, 0.3) is 0 Å². The van der Waals surface area contributed by atoms with Gasteiger partial charge in [0.25, 0.3) is 0 Å². The third-order valence-electron chi connectivity index (χ3n) is 13.2. The minimum atomic E-state index is -0.778. The lowest BCUT2D eigenvalue weighted by Gasteiger charge is -2.40. The van der Waals surface area contributed by atoms with E-state index in [0.717, 1.165) is 79.1 Å². The molecule has 6 rings (SSSR count). The fourth-order valence-electron chi connectivity index (χ4n) is 9.93. The Hall–Kier alpha value is -4.57. The molecule has 3 aromatic carbocycles. The zero-order valence-electron chi connectivity index (χ0n) is 38.2. The van der Waals surface area contributed by atoms with Crippen LogP contribution in [0.4, 0.5) is 22.7 Å². The summed E-state index contributed by atoms with van der Waals surface area (Å²) in [4.78, 5) is 34.1. The van der Waals surface area contributed by atoms with Crippen LogP contribution in [0, 0.1) is 17.8 Å². The highest BCUT2D eigenvalue weighted by Gasteiger charge is 2.30. The largest absolute Gasteiger partial charge is 0.481 e. The lowest BCUT2D eigenvalue weighted by atomic mass is 9.80. The molecule has 0 spiro atoms. The Morgan fingerprint density at radius 3 is 1.69 bits per heavy atom. The minimum absolute atomic E-state index is 0.0762. The minimum Gasteiger partial charge on any atom is -0.481 e. The molecule has 10 heteroatoms. The van der Waals surface area contributed by atoms with Crippen molar-refractivity contribution in [2.45, 2.75) is 156 Å². The van der Waals surface area contributed by atoms with Crippen molar-refractivity contribution in [2.75, 3.05) is 33.5 Å². The molecule has 2 unspecified atom stereocenters. The lowest BCUT2D eigenvalue weighted by Crippen LogP contribution is -2.41. The van der Waals surface area contributed by atoms with Gasteiger partial charge in [0.2, 0.25) is 0 Å². The number of aromatic nitrogens is 1. The fraction of sp³-hybridized carbons (Fsp3) is 0.558.